The van der Waals surface area contributed by atoms with Gasteiger partial charge in [-0.3, -0.25) is 0 Å². The molecule has 0 radical (unpaired) electrons. The van der Waals surface area contributed by atoms with Crippen LogP contribution >= 0.6 is 24.0 Å². The van der Waals surface area contributed by atoms with Crippen LogP contribution in [-0.4, -0.2) is 50.8 Å². The lowest BCUT2D eigenvalue weighted by Crippen LogP contribution is -2.39. The molecule has 1 heterocycles. The van der Waals surface area contributed by atoms with E-state index in [1.165, 1.54) is 18.4 Å². The fourth-order valence-electron chi connectivity index (χ4n) is 2.45. The molecule has 1 N–H and O–H groups in total. The van der Waals surface area contributed by atoms with E-state index >= 15 is 0 Å². The van der Waals surface area contributed by atoms with Crippen molar-refractivity contribution in [2.75, 3.05) is 40.0 Å². The van der Waals surface area contributed by atoms with E-state index in [-0.39, 0.29) is 24.0 Å². The van der Waals surface area contributed by atoms with E-state index in [9.17, 15) is 0 Å². The van der Waals surface area contributed by atoms with E-state index in [1.807, 2.05) is 12.1 Å². The van der Waals surface area contributed by atoms with Crippen LogP contribution in [0.25, 0.3) is 0 Å². The summed E-state index contributed by atoms with van der Waals surface area (Å²) in [5.41, 5.74) is 1.19. The second-order valence-corrected chi connectivity index (χ2v) is 5.35. The normalized spacial score (nSPS) is 14.5. The smallest absolute Gasteiger partial charge is 0.194 e. The molecule has 0 aromatic heterocycles. The SMILES string of the molecule is CCNC(=NCc1ccc(OCCOC)cc1)N1CCCC1.I. The third kappa shape index (κ3) is 6.95. The average molecular weight is 433 g/mol. The fraction of sp³-hybridized carbons (Fsp3) is 0.588. The first-order valence-corrected chi connectivity index (χ1v) is 8.07. The summed E-state index contributed by atoms with van der Waals surface area (Å²) in [6.45, 7) is 7.11. The number of nitrogens with zero attached hydrogens (tertiary/aromatic N) is 2. The van der Waals surface area contributed by atoms with Gasteiger partial charge in [0, 0.05) is 26.7 Å². The lowest BCUT2D eigenvalue weighted by atomic mass is 10.2. The molecule has 0 aliphatic carbocycles. The minimum atomic E-state index is 0. The van der Waals surface area contributed by atoms with Gasteiger partial charge in [0.2, 0.25) is 0 Å². The van der Waals surface area contributed by atoms with E-state index in [0.29, 0.717) is 19.8 Å². The number of hydrogen-bond donors (Lipinski definition) is 1. The molecule has 0 bridgehead atoms. The van der Waals surface area contributed by atoms with Gasteiger partial charge in [0.25, 0.3) is 0 Å². The number of methoxy groups -OCH3 is 1. The summed E-state index contributed by atoms with van der Waals surface area (Å²) in [5, 5.41) is 3.38. The Morgan fingerprint density at radius 3 is 2.48 bits per heavy atom. The molecular weight excluding hydrogens is 405 g/mol. The van der Waals surface area contributed by atoms with E-state index < -0.39 is 0 Å². The van der Waals surface area contributed by atoms with Gasteiger partial charge in [0.1, 0.15) is 12.4 Å². The van der Waals surface area contributed by atoms with Crippen LogP contribution < -0.4 is 10.1 Å². The number of hydrogen-bond acceptors (Lipinski definition) is 3. The standard InChI is InChI=1S/C17H27N3O2.HI/c1-3-18-17(20-10-4-5-11-20)19-14-15-6-8-16(9-7-15)22-13-12-21-2;/h6-9H,3-5,10-14H2,1-2H3,(H,18,19);1H. The highest BCUT2D eigenvalue weighted by atomic mass is 127. The zero-order chi connectivity index (χ0) is 15.6. The molecule has 1 aromatic carbocycles. The summed E-state index contributed by atoms with van der Waals surface area (Å²) in [7, 11) is 1.67. The van der Waals surface area contributed by atoms with Gasteiger partial charge < -0.3 is 19.7 Å². The zero-order valence-electron chi connectivity index (χ0n) is 14.1. The molecule has 130 valence electrons. The zero-order valence-corrected chi connectivity index (χ0v) is 16.4. The van der Waals surface area contributed by atoms with E-state index in [2.05, 4.69) is 29.3 Å². The van der Waals surface area contributed by atoms with E-state index in [0.717, 1.165) is 31.3 Å². The Labute approximate surface area is 156 Å². The number of guanidine groups is 1. The Morgan fingerprint density at radius 1 is 1.17 bits per heavy atom. The van der Waals surface area contributed by atoms with E-state index in [4.69, 9.17) is 14.5 Å². The molecule has 0 amide bonds. The van der Waals surface area contributed by atoms with Crippen molar-refractivity contribution in [2.24, 2.45) is 4.99 Å². The summed E-state index contributed by atoms with van der Waals surface area (Å²) in [4.78, 5) is 7.08. The number of halogens is 1. The van der Waals surface area contributed by atoms with Crippen LogP contribution in [0.2, 0.25) is 0 Å². The number of rotatable bonds is 7. The van der Waals surface area contributed by atoms with Gasteiger partial charge in [-0.25, -0.2) is 4.99 Å². The molecule has 0 atom stereocenters. The second-order valence-electron chi connectivity index (χ2n) is 5.35. The summed E-state index contributed by atoms with van der Waals surface area (Å²) in [6.07, 6.45) is 2.52. The van der Waals surface area contributed by atoms with Crippen molar-refractivity contribution in [3.63, 3.8) is 0 Å². The quantitative estimate of drug-likeness (QED) is 0.311. The summed E-state index contributed by atoms with van der Waals surface area (Å²) in [6, 6.07) is 8.12. The van der Waals surface area contributed by atoms with Crippen molar-refractivity contribution >= 4 is 29.9 Å². The molecule has 5 nitrogen and oxygen atoms in total. The number of nitrogens with one attached hydrogen (secondary N) is 1. The average Bonchev–Trinajstić information content (AvgIpc) is 3.07. The molecule has 0 saturated carbocycles. The molecule has 0 spiro atoms. The first-order chi connectivity index (χ1) is 10.8. The highest BCUT2D eigenvalue weighted by Gasteiger charge is 2.15. The van der Waals surface area contributed by atoms with Crippen LogP contribution in [0.5, 0.6) is 5.75 Å². The van der Waals surface area contributed by atoms with Crippen LogP contribution in [0.4, 0.5) is 0 Å². The molecule has 1 fully saturated rings. The van der Waals surface area contributed by atoms with Crippen molar-refractivity contribution < 1.29 is 9.47 Å². The van der Waals surface area contributed by atoms with Gasteiger partial charge in [-0.15, -0.1) is 24.0 Å². The van der Waals surface area contributed by atoms with Crippen LogP contribution in [0.1, 0.15) is 25.3 Å². The van der Waals surface area contributed by atoms with Gasteiger partial charge in [-0.2, -0.15) is 0 Å². The van der Waals surface area contributed by atoms with Gasteiger partial charge in [-0.1, -0.05) is 12.1 Å². The maximum absolute atomic E-state index is 5.57. The predicted molar refractivity (Wildman–Crippen MR) is 105 cm³/mol. The molecule has 6 heteroatoms. The number of benzene rings is 1. The number of likely N-dealkylation sites (tertiary alicyclic amines) is 1. The maximum atomic E-state index is 5.57. The molecule has 1 saturated heterocycles. The van der Waals surface area contributed by atoms with Crippen LogP contribution in [0, 0.1) is 0 Å². The Balaban J connectivity index is 0.00000264. The molecule has 2 rings (SSSR count). The minimum absolute atomic E-state index is 0. The Bertz CT molecular complexity index is 459. The predicted octanol–water partition coefficient (Wildman–Crippen LogP) is 2.89. The first-order valence-electron chi connectivity index (χ1n) is 8.07. The van der Waals surface area contributed by atoms with Crippen LogP contribution in [0.15, 0.2) is 29.3 Å². The number of ether oxygens (including phenoxy) is 2. The summed E-state index contributed by atoms with van der Waals surface area (Å²) >= 11 is 0. The lowest BCUT2D eigenvalue weighted by Gasteiger charge is -2.20. The molecule has 1 aliphatic rings. The Kier molecular flexibility index (Phi) is 10.0. The topological polar surface area (TPSA) is 46.1 Å². The largest absolute Gasteiger partial charge is 0.491 e. The molecule has 1 aliphatic heterocycles. The Hall–Kier alpha value is -1.02. The van der Waals surface area contributed by atoms with Gasteiger partial charge >= 0.3 is 0 Å². The van der Waals surface area contributed by atoms with Crippen LogP contribution in [0.3, 0.4) is 0 Å². The van der Waals surface area contributed by atoms with E-state index in [1.54, 1.807) is 7.11 Å². The monoisotopic (exact) mass is 433 g/mol. The molecule has 23 heavy (non-hydrogen) atoms. The Morgan fingerprint density at radius 2 is 1.87 bits per heavy atom. The second kappa shape index (κ2) is 11.5. The minimum Gasteiger partial charge on any atom is -0.491 e. The van der Waals surface area contributed by atoms with Crippen LogP contribution in [-0.2, 0) is 11.3 Å². The van der Waals surface area contributed by atoms with Gasteiger partial charge in [0.15, 0.2) is 5.96 Å². The summed E-state index contributed by atoms with van der Waals surface area (Å²) < 4.78 is 10.5. The molecular formula is C17H28IN3O2. The third-order valence-electron chi connectivity index (χ3n) is 3.63. The summed E-state index contributed by atoms with van der Waals surface area (Å²) in [5.74, 6) is 1.90. The van der Waals surface area contributed by atoms with Gasteiger partial charge in [0.05, 0.1) is 13.2 Å². The molecule has 1 aromatic rings. The van der Waals surface area contributed by atoms with Crippen molar-refractivity contribution in [3.8, 4) is 5.75 Å². The van der Waals surface area contributed by atoms with Gasteiger partial charge in [-0.05, 0) is 37.5 Å². The third-order valence-corrected chi connectivity index (χ3v) is 3.63. The highest BCUT2D eigenvalue weighted by molar-refractivity contribution is 14.0. The van der Waals surface area contributed by atoms with Crippen molar-refractivity contribution in [2.45, 2.75) is 26.3 Å². The first kappa shape index (κ1) is 20.0. The number of aliphatic imine (C=N–C) groups is 1. The lowest BCUT2D eigenvalue weighted by molar-refractivity contribution is 0.146. The van der Waals surface area contributed by atoms with Crippen molar-refractivity contribution in [1.29, 1.82) is 0 Å². The molecule has 0 unspecified atom stereocenters. The van der Waals surface area contributed by atoms with Crippen molar-refractivity contribution in [3.05, 3.63) is 29.8 Å². The maximum Gasteiger partial charge on any atom is 0.194 e. The highest BCUT2D eigenvalue weighted by Crippen LogP contribution is 2.13. The van der Waals surface area contributed by atoms with Crippen molar-refractivity contribution in [1.82, 2.24) is 10.2 Å². The fourth-order valence-corrected chi connectivity index (χ4v) is 2.45.